The van der Waals surface area contributed by atoms with E-state index in [0.29, 0.717) is 6.61 Å². The largest absolute Gasteiger partial charge is 0.396 e. The summed E-state index contributed by atoms with van der Waals surface area (Å²) in [6, 6.07) is 0. The first kappa shape index (κ1) is 16.6. The molecule has 1 aliphatic rings. The van der Waals surface area contributed by atoms with Crippen LogP contribution in [0.4, 0.5) is 0 Å². The molecule has 0 spiro atoms. The molecule has 0 aliphatic carbocycles. The molecule has 0 N–H and O–H groups in total. The molecule has 0 radical (unpaired) electrons. The van der Waals surface area contributed by atoms with E-state index in [0.717, 1.165) is 50.2 Å². The zero-order valence-corrected chi connectivity index (χ0v) is 14.0. The topological polar surface area (TPSA) is 32.8 Å². The van der Waals surface area contributed by atoms with Crippen molar-refractivity contribution in [2.45, 2.75) is 60.3 Å². The van der Waals surface area contributed by atoms with Gasteiger partial charge in [-0.25, -0.2) is 4.57 Å². The van der Waals surface area contributed by atoms with Crippen LogP contribution in [0.5, 0.6) is 0 Å². The molecule has 0 atom stereocenters. The van der Waals surface area contributed by atoms with Crippen LogP contribution < -0.4 is 0 Å². The van der Waals surface area contributed by atoms with Crippen LogP contribution in [-0.4, -0.2) is 29.0 Å². The molecule has 0 saturated carbocycles. The van der Waals surface area contributed by atoms with E-state index < -0.39 is 7.67 Å². The monoisotopic (exact) mass is 288 g/mol. The van der Waals surface area contributed by atoms with Gasteiger partial charge in [0.25, 0.3) is 0 Å². The Bertz CT molecular complexity index is 340. The third-order valence-electron chi connectivity index (χ3n) is 3.65. The summed E-state index contributed by atoms with van der Waals surface area (Å²) in [5.41, 5.74) is 2.22. The lowest BCUT2D eigenvalue weighted by molar-refractivity contribution is 0.257. The van der Waals surface area contributed by atoms with Crippen molar-refractivity contribution in [1.82, 2.24) is 9.34 Å². The zero-order chi connectivity index (χ0) is 14.5. The van der Waals surface area contributed by atoms with E-state index in [9.17, 15) is 4.57 Å². The summed E-state index contributed by atoms with van der Waals surface area (Å²) >= 11 is 0. The second-order valence-corrected chi connectivity index (χ2v) is 7.24. The molecular formula is C14H29N2O2P. The van der Waals surface area contributed by atoms with Gasteiger partial charge in [0.15, 0.2) is 0 Å². The van der Waals surface area contributed by atoms with Crippen molar-refractivity contribution in [3.63, 3.8) is 0 Å². The number of hydrogen-bond donors (Lipinski definition) is 0. The van der Waals surface area contributed by atoms with Crippen LogP contribution in [0.15, 0.2) is 11.4 Å². The summed E-state index contributed by atoms with van der Waals surface area (Å²) in [5.74, 6) is 0. The van der Waals surface area contributed by atoms with Crippen molar-refractivity contribution < 1.29 is 9.09 Å². The van der Waals surface area contributed by atoms with Gasteiger partial charge in [0, 0.05) is 24.5 Å². The molecule has 0 unspecified atom stereocenters. The molecule has 0 saturated heterocycles. The summed E-state index contributed by atoms with van der Waals surface area (Å²) in [5, 5.41) is 0. The molecule has 1 aliphatic heterocycles. The number of unbranched alkanes of at least 4 members (excludes halogenated alkanes) is 2. The molecule has 0 fully saturated rings. The Morgan fingerprint density at radius 3 is 1.68 bits per heavy atom. The standard InChI is InChI=1S/C14H29N2O2P/c1-6-9-11-15-13(4)14(5)16(12-10-7-2)19(15,17)18-8-3/h6-12H2,1-5H3. The molecule has 1 heterocycles. The van der Waals surface area contributed by atoms with Gasteiger partial charge in [-0.05, 0) is 33.6 Å². The second kappa shape index (κ2) is 7.35. The van der Waals surface area contributed by atoms with Crippen LogP contribution in [0.25, 0.3) is 0 Å². The minimum absolute atomic E-state index is 0.489. The predicted molar refractivity (Wildman–Crippen MR) is 80.8 cm³/mol. The summed E-state index contributed by atoms with van der Waals surface area (Å²) in [6.07, 6.45) is 4.29. The Morgan fingerprint density at radius 1 is 0.947 bits per heavy atom. The lowest BCUT2D eigenvalue weighted by Crippen LogP contribution is -2.25. The van der Waals surface area contributed by atoms with Gasteiger partial charge in [-0.2, -0.15) is 0 Å². The van der Waals surface area contributed by atoms with Crippen LogP contribution in [0.1, 0.15) is 60.3 Å². The Balaban J connectivity index is 2.98. The predicted octanol–water partition coefficient (Wildman–Crippen LogP) is 4.60. The normalized spacial score (nSPS) is 18.6. The van der Waals surface area contributed by atoms with Crippen LogP contribution in [0.2, 0.25) is 0 Å². The van der Waals surface area contributed by atoms with E-state index in [1.165, 1.54) is 0 Å². The Hall–Kier alpha value is -0.470. The lowest BCUT2D eigenvalue weighted by Gasteiger charge is -2.32. The minimum Gasteiger partial charge on any atom is -0.298 e. The highest BCUT2D eigenvalue weighted by atomic mass is 31.2. The molecule has 0 aromatic carbocycles. The highest BCUT2D eigenvalue weighted by Gasteiger charge is 2.45. The first-order chi connectivity index (χ1) is 9.02. The fourth-order valence-electron chi connectivity index (χ4n) is 2.39. The molecule has 0 aromatic heterocycles. The maximum Gasteiger partial charge on any atom is 0.396 e. The molecule has 0 aromatic rings. The lowest BCUT2D eigenvalue weighted by atomic mass is 10.3. The molecule has 112 valence electrons. The van der Waals surface area contributed by atoms with Crippen molar-refractivity contribution in [3.05, 3.63) is 11.4 Å². The third kappa shape index (κ3) is 3.35. The first-order valence-electron chi connectivity index (χ1n) is 7.50. The molecule has 5 heteroatoms. The summed E-state index contributed by atoms with van der Waals surface area (Å²) in [6.45, 7) is 12.5. The minimum atomic E-state index is -2.87. The van der Waals surface area contributed by atoms with Crippen LogP contribution in [-0.2, 0) is 9.09 Å². The van der Waals surface area contributed by atoms with Gasteiger partial charge in [0.1, 0.15) is 0 Å². The highest BCUT2D eigenvalue weighted by molar-refractivity contribution is 7.54. The van der Waals surface area contributed by atoms with E-state index >= 15 is 0 Å². The Morgan fingerprint density at radius 2 is 1.37 bits per heavy atom. The molecular weight excluding hydrogens is 259 g/mol. The van der Waals surface area contributed by atoms with E-state index in [1.54, 1.807) is 0 Å². The van der Waals surface area contributed by atoms with Crippen LogP contribution in [0, 0.1) is 0 Å². The van der Waals surface area contributed by atoms with Gasteiger partial charge in [0.2, 0.25) is 0 Å². The maximum atomic E-state index is 13.3. The van der Waals surface area contributed by atoms with Crippen molar-refractivity contribution in [2.75, 3.05) is 19.7 Å². The first-order valence-corrected chi connectivity index (χ1v) is 9.04. The van der Waals surface area contributed by atoms with E-state index in [-0.39, 0.29) is 0 Å². The zero-order valence-electron chi connectivity index (χ0n) is 13.1. The van der Waals surface area contributed by atoms with Crippen molar-refractivity contribution >= 4 is 7.67 Å². The molecule has 0 amide bonds. The third-order valence-corrected chi connectivity index (χ3v) is 6.47. The number of nitrogens with zero attached hydrogens (tertiary/aromatic N) is 2. The summed E-state index contributed by atoms with van der Waals surface area (Å²) < 4.78 is 23.0. The molecule has 19 heavy (non-hydrogen) atoms. The van der Waals surface area contributed by atoms with Crippen LogP contribution >= 0.6 is 7.67 Å². The van der Waals surface area contributed by atoms with E-state index in [4.69, 9.17) is 4.52 Å². The summed E-state index contributed by atoms with van der Waals surface area (Å²) in [7, 11) is -2.87. The number of rotatable bonds is 8. The number of allylic oxidation sites excluding steroid dienone is 2. The Kier molecular flexibility index (Phi) is 6.41. The van der Waals surface area contributed by atoms with Crippen LogP contribution in [0.3, 0.4) is 0 Å². The number of hydrogen-bond acceptors (Lipinski definition) is 2. The quantitative estimate of drug-likeness (QED) is 0.611. The maximum absolute atomic E-state index is 13.3. The van der Waals surface area contributed by atoms with Gasteiger partial charge >= 0.3 is 7.67 Å². The van der Waals surface area contributed by atoms with Crippen molar-refractivity contribution in [2.24, 2.45) is 0 Å². The van der Waals surface area contributed by atoms with Gasteiger partial charge in [0.05, 0.1) is 6.61 Å². The molecule has 4 nitrogen and oxygen atoms in total. The van der Waals surface area contributed by atoms with Gasteiger partial charge in [-0.3, -0.25) is 13.9 Å². The summed E-state index contributed by atoms with van der Waals surface area (Å²) in [4.78, 5) is 0. The second-order valence-electron chi connectivity index (χ2n) is 5.03. The average molecular weight is 288 g/mol. The molecule has 0 bridgehead atoms. The fourth-order valence-corrected chi connectivity index (χ4v) is 5.11. The SMILES string of the molecule is CCCCN1C(C)=C(C)N(CCCC)P1(=O)OCC. The van der Waals surface area contributed by atoms with Crippen molar-refractivity contribution in [3.8, 4) is 0 Å². The smallest absolute Gasteiger partial charge is 0.298 e. The highest BCUT2D eigenvalue weighted by Crippen LogP contribution is 2.62. The Labute approximate surface area is 118 Å². The van der Waals surface area contributed by atoms with Crippen molar-refractivity contribution in [1.29, 1.82) is 0 Å². The van der Waals surface area contributed by atoms with Gasteiger partial charge in [-0.1, -0.05) is 26.7 Å². The van der Waals surface area contributed by atoms with E-state index in [2.05, 4.69) is 27.7 Å². The van der Waals surface area contributed by atoms with Gasteiger partial charge in [-0.15, -0.1) is 0 Å². The molecule has 1 rings (SSSR count). The van der Waals surface area contributed by atoms with E-state index in [1.807, 2.05) is 16.3 Å². The van der Waals surface area contributed by atoms with Gasteiger partial charge < -0.3 is 0 Å². The fraction of sp³-hybridized carbons (Fsp3) is 0.857. The average Bonchev–Trinajstić information content (AvgIpc) is 2.55.